The number of nitrogens with zero attached hydrogens (tertiary/aromatic N) is 1. The zero-order valence-electron chi connectivity index (χ0n) is 11.0. The molecule has 88 valence electrons. The molecule has 2 aromatic rings. The van der Waals surface area contributed by atoms with E-state index >= 15 is 0 Å². The van der Waals surface area contributed by atoms with Gasteiger partial charge in [-0.15, -0.1) is 0 Å². The Morgan fingerprint density at radius 2 is 1.65 bits per heavy atom. The van der Waals surface area contributed by atoms with Gasteiger partial charge in [-0.05, 0) is 0 Å². The summed E-state index contributed by atoms with van der Waals surface area (Å²) in [6, 6.07) is 12.6. The number of hydrogen-bond acceptors (Lipinski definition) is 1. The Bertz CT molecular complexity index is 512. The maximum absolute atomic E-state index is 4.62. The molecule has 17 heavy (non-hydrogen) atoms. The van der Waals surface area contributed by atoms with Gasteiger partial charge in [0.25, 0.3) is 0 Å². The second-order valence-corrected chi connectivity index (χ2v) is 16.1. The molecule has 2 rings (SSSR count). The van der Waals surface area contributed by atoms with Gasteiger partial charge >= 0.3 is 106 Å². The third kappa shape index (κ3) is 2.78. The van der Waals surface area contributed by atoms with Gasteiger partial charge in [0.15, 0.2) is 0 Å². The summed E-state index contributed by atoms with van der Waals surface area (Å²) in [6.45, 7) is 2.21. The van der Waals surface area contributed by atoms with Gasteiger partial charge in [-0.2, -0.15) is 0 Å². The fourth-order valence-corrected chi connectivity index (χ4v) is 5.69. The first-order valence-electron chi connectivity index (χ1n) is 6.01. The Labute approximate surface area is 106 Å². The van der Waals surface area contributed by atoms with Crippen LogP contribution < -0.4 is 4.40 Å². The first-order valence-corrected chi connectivity index (χ1v) is 13.4. The molecule has 0 N–H and O–H groups in total. The van der Waals surface area contributed by atoms with E-state index in [1.165, 1.54) is 15.5 Å². The van der Waals surface area contributed by atoms with Gasteiger partial charge in [0.2, 0.25) is 0 Å². The molecule has 0 aliphatic heterocycles. The number of rotatable bonds is 2. The second kappa shape index (κ2) is 4.65. The number of hydrogen-bond donors (Lipinski definition) is 0. The van der Waals surface area contributed by atoms with Crippen molar-refractivity contribution in [3.8, 4) is 11.3 Å². The zero-order chi connectivity index (χ0) is 12.5. The molecule has 2 heteroatoms. The molecule has 1 nitrogen and oxygen atoms in total. The molecule has 0 bridgehead atoms. The fourth-order valence-electron chi connectivity index (χ4n) is 2.11. The van der Waals surface area contributed by atoms with Crippen molar-refractivity contribution in [2.75, 3.05) is 0 Å². The normalized spacial score (nSPS) is 11.5. The number of benzene rings is 1. The van der Waals surface area contributed by atoms with E-state index in [1.807, 2.05) is 6.07 Å². The Hall–Kier alpha value is -1.09. The molecular weight excluding hydrogens is 267 g/mol. The van der Waals surface area contributed by atoms with E-state index in [0.717, 1.165) is 5.69 Å². The van der Waals surface area contributed by atoms with E-state index in [1.54, 1.807) is 0 Å². The molecule has 1 aromatic carbocycles. The summed E-state index contributed by atoms with van der Waals surface area (Å²) >= 11 is -1.76. The minimum atomic E-state index is -1.76. The van der Waals surface area contributed by atoms with Gasteiger partial charge in [-0.1, -0.05) is 0 Å². The van der Waals surface area contributed by atoms with Gasteiger partial charge in [-0.3, -0.25) is 0 Å². The molecule has 0 saturated carbocycles. The predicted octanol–water partition coefficient (Wildman–Crippen LogP) is 3.60. The van der Waals surface area contributed by atoms with Crippen molar-refractivity contribution >= 4 is 17.7 Å². The molecule has 1 aromatic heterocycles. The number of pyridine rings is 1. The van der Waals surface area contributed by atoms with Gasteiger partial charge in [-0.25, -0.2) is 0 Å². The fraction of sp³-hybridized carbons (Fsp3) is 0.267. The topological polar surface area (TPSA) is 12.9 Å². The molecule has 1 heterocycles. The quantitative estimate of drug-likeness (QED) is 0.769. The Morgan fingerprint density at radius 1 is 1.00 bits per heavy atom. The van der Waals surface area contributed by atoms with Crippen molar-refractivity contribution in [1.29, 1.82) is 0 Å². The van der Waals surface area contributed by atoms with Gasteiger partial charge in [0, 0.05) is 0 Å². The van der Waals surface area contributed by atoms with Gasteiger partial charge in [0.05, 0.1) is 0 Å². The Morgan fingerprint density at radius 3 is 2.18 bits per heavy atom. The monoisotopic (exact) mass is 287 g/mol. The van der Waals surface area contributed by atoms with Crippen LogP contribution in [0.15, 0.2) is 42.6 Å². The first kappa shape index (κ1) is 12.4. The van der Waals surface area contributed by atoms with Gasteiger partial charge in [0.1, 0.15) is 0 Å². The van der Waals surface area contributed by atoms with Crippen LogP contribution in [0.1, 0.15) is 5.56 Å². The average molecular weight is 286 g/mol. The van der Waals surface area contributed by atoms with E-state index in [-0.39, 0.29) is 0 Å². The second-order valence-electron chi connectivity index (χ2n) is 5.50. The van der Waals surface area contributed by atoms with Crippen molar-refractivity contribution in [3.05, 3.63) is 48.2 Å². The summed E-state index contributed by atoms with van der Waals surface area (Å²) in [5.41, 5.74) is 3.67. The first-order chi connectivity index (χ1) is 7.98. The van der Waals surface area contributed by atoms with Crippen LogP contribution in [0.5, 0.6) is 0 Å². The zero-order valence-corrected chi connectivity index (χ0v) is 13.1. The van der Waals surface area contributed by atoms with E-state index in [2.05, 4.69) is 65.7 Å². The molecule has 0 saturated heterocycles. The van der Waals surface area contributed by atoms with Crippen molar-refractivity contribution in [3.63, 3.8) is 0 Å². The Kier molecular flexibility index (Phi) is 3.38. The summed E-state index contributed by atoms with van der Waals surface area (Å²) in [5, 5.41) is 0. The van der Waals surface area contributed by atoms with E-state index in [9.17, 15) is 0 Å². The molecule has 0 aliphatic rings. The van der Waals surface area contributed by atoms with Crippen LogP contribution in [-0.2, 0) is 0 Å². The summed E-state index contributed by atoms with van der Waals surface area (Å²) < 4.78 is 1.50. The van der Waals surface area contributed by atoms with Crippen LogP contribution in [-0.4, -0.2) is 18.3 Å². The molecule has 0 atom stereocenters. The van der Waals surface area contributed by atoms with Crippen LogP contribution in [0, 0.1) is 6.92 Å². The SMILES string of the molecule is Cc1cc(-c2ccccc2)nc[c]1[Ge]([CH3])([CH3])[CH3]. The molecule has 0 fully saturated rings. The standard InChI is InChI=1S/C15H19GeN/c1-12-10-15(13-8-6-5-7-9-13)17-11-14(12)16(2,3)4/h5-11H,1-4H3. The van der Waals surface area contributed by atoms with Crippen LogP contribution in [0.4, 0.5) is 0 Å². The number of aryl methyl sites for hydroxylation is 1. The minimum absolute atomic E-state index is 1.08. The van der Waals surface area contributed by atoms with Crippen molar-refractivity contribution < 1.29 is 0 Å². The van der Waals surface area contributed by atoms with Crippen LogP contribution >= 0.6 is 0 Å². The summed E-state index contributed by atoms with van der Waals surface area (Å²) in [6.07, 6.45) is 2.09. The van der Waals surface area contributed by atoms with Crippen molar-refractivity contribution in [2.45, 2.75) is 24.2 Å². The van der Waals surface area contributed by atoms with Crippen molar-refractivity contribution in [2.24, 2.45) is 0 Å². The third-order valence-electron chi connectivity index (χ3n) is 2.99. The third-order valence-corrected chi connectivity index (χ3v) is 7.48. The van der Waals surface area contributed by atoms with E-state index in [4.69, 9.17) is 0 Å². The van der Waals surface area contributed by atoms with Crippen LogP contribution in [0.2, 0.25) is 17.3 Å². The average Bonchev–Trinajstić information content (AvgIpc) is 2.28. The molecule has 0 aliphatic carbocycles. The molecule has 0 spiro atoms. The summed E-state index contributed by atoms with van der Waals surface area (Å²) in [7, 11) is 0. The maximum atomic E-state index is 4.62. The summed E-state index contributed by atoms with van der Waals surface area (Å²) in [5.74, 6) is 7.23. The molecular formula is C15H19GeN. The van der Waals surface area contributed by atoms with E-state index in [0.29, 0.717) is 0 Å². The molecule has 0 unspecified atom stereocenters. The summed E-state index contributed by atoms with van der Waals surface area (Å²) in [4.78, 5) is 4.62. The van der Waals surface area contributed by atoms with Crippen molar-refractivity contribution in [1.82, 2.24) is 4.98 Å². The Balaban J connectivity index is 2.45. The predicted molar refractivity (Wildman–Crippen MR) is 77.4 cm³/mol. The molecule has 0 radical (unpaired) electrons. The number of aromatic nitrogens is 1. The van der Waals surface area contributed by atoms with Crippen LogP contribution in [0.25, 0.3) is 11.3 Å². The van der Waals surface area contributed by atoms with Gasteiger partial charge < -0.3 is 0 Å². The van der Waals surface area contributed by atoms with Crippen LogP contribution in [0.3, 0.4) is 0 Å². The van der Waals surface area contributed by atoms with E-state index < -0.39 is 13.3 Å². The molecule has 0 amide bonds.